The number of hydrogen-bond donors (Lipinski definition) is 3. The molecule has 1 fully saturated rings. The molecular formula is C23H37ClN6O. The van der Waals surface area contributed by atoms with Crippen LogP contribution >= 0.6 is 11.6 Å². The van der Waals surface area contributed by atoms with E-state index in [-0.39, 0.29) is 6.73 Å². The van der Waals surface area contributed by atoms with E-state index in [4.69, 9.17) is 22.1 Å². The summed E-state index contributed by atoms with van der Waals surface area (Å²) in [5.74, 6) is 0. The second-order valence-electron chi connectivity index (χ2n) is 6.95. The molecular weight excluding hydrogens is 412 g/mol. The zero-order chi connectivity index (χ0) is 23.2. The Labute approximate surface area is 191 Å². The summed E-state index contributed by atoms with van der Waals surface area (Å²) in [6, 6.07) is 0.744. The number of ether oxygens (including phenoxy) is 1. The van der Waals surface area contributed by atoms with Crippen LogP contribution < -0.4 is 16.4 Å². The number of allylic oxidation sites excluding steroid dienone is 3. The Balaban J connectivity index is 0.00000233. The van der Waals surface area contributed by atoms with E-state index in [0.29, 0.717) is 22.1 Å². The van der Waals surface area contributed by atoms with Gasteiger partial charge in [-0.2, -0.15) is 5.10 Å². The molecule has 0 aliphatic heterocycles. The Morgan fingerprint density at radius 1 is 1.42 bits per heavy atom. The number of aromatic nitrogens is 2. The third-order valence-electron chi connectivity index (χ3n) is 4.45. The minimum Gasteiger partial charge on any atom is -0.484 e. The monoisotopic (exact) mass is 448 g/mol. The fourth-order valence-electron chi connectivity index (χ4n) is 2.60. The number of aryl methyl sites for hydroxylation is 1. The molecule has 0 bridgehead atoms. The van der Waals surface area contributed by atoms with Crippen LogP contribution in [0, 0.1) is 0 Å². The first-order chi connectivity index (χ1) is 14.9. The topological polar surface area (TPSA) is 89.5 Å². The second kappa shape index (κ2) is 14.6. The van der Waals surface area contributed by atoms with Gasteiger partial charge in [-0.25, -0.2) is 0 Å². The lowest BCUT2D eigenvalue weighted by Gasteiger charge is -2.13. The van der Waals surface area contributed by atoms with E-state index in [1.165, 1.54) is 19.1 Å². The molecule has 0 atom stereocenters. The van der Waals surface area contributed by atoms with Crippen LogP contribution in [0.2, 0.25) is 0 Å². The second-order valence-corrected chi connectivity index (χ2v) is 7.51. The van der Waals surface area contributed by atoms with Gasteiger partial charge in [-0.15, -0.1) is 0 Å². The molecule has 1 aliphatic rings. The van der Waals surface area contributed by atoms with Crippen LogP contribution in [0.5, 0.6) is 0 Å². The van der Waals surface area contributed by atoms with E-state index in [1.54, 1.807) is 6.92 Å². The van der Waals surface area contributed by atoms with Gasteiger partial charge in [-0.05, 0) is 58.0 Å². The van der Waals surface area contributed by atoms with Gasteiger partial charge in [0.25, 0.3) is 0 Å². The maximum absolute atomic E-state index is 6.28. The first-order valence-corrected chi connectivity index (χ1v) is 11.1. The van der Waals surface area contributed by atoms with Gasteiger partial charge in [0, 0.05) is 29.4 Å². The Morgan fingerprint density at radius 2 is 2.13 bits per heavy atom. The quantitative estimate of drug-likeness (QED) is 0.136. The SMILES string of the molecule is C=N/C(=C\OCN)C(=C)NC(/C=C(\C)c1cnn(CCCNC2CC2)c1)=C(/C)Cl.CC. The molecule has 2 rings (SSSR count). The number of aliphatic imine (C=N–C) groups is 1. The summed E-state index contributed by atoms with van der Waals surface area (Å²) >= 11 is 6.28. The number of rotatable bonds is 13. The Bertz CT molecular complexity index is 801. The smallest absolute Gasteiger partial charge is 0.136 e. The molecule has 0 unspecified atom stereocenters. The van der Waals surface area contributed by atoms with Crippen molar-refractivity contribution in [2.45, 2.75) is 59.5 Å². The molecule has 0 amide bonds. The lowest BCUT2D eigenvalue weighted by molar-refractivity contribution is 0.257. The van der Waals surface area contributed by atoms with Crippen molar-refractivity contribution < 1.29 is 4.74 Å². The summed E-state index contributed by atoms with van der Waals surface area (Å²) in [6.07, 6.45) is 10.9. The summed E-state index contributed by atoms with van der Waals surface area (Å²) in [5, 5.41) is 11.7. The van der Waals surface area contributed by atoms with Crippen molar-refractivity contribution in [3.05, 3.63) is 59.0 Å². The van der Waals surface area contributed by atoms with Crippen molar-refractivity contribution in [3.63, 3.8) is 0 Å². The van der Waals surface area contributed by atoms with E-state index in [1.807, 2.05) is 43.9 Å². The Morgan fingerprint density at radius 3 is 2.71 bits per heavy atom. The minimum atomic E-state index is 0.0448. The van der Waals surface area contributed by atoms with Crippen molar-refractivity contribution in [3.8, 4) is 0 Å². The highest BCUT2D eigenvalue weighted by atomic mass is 35.5. The molecule has 0 spiro atoms. The van der Waals surface area contributed by atoms with Crippen molar-refractivity contribution >= 4 is 23.9 Å². The van der Waals surface area contributed by atoms with Gasteiger partial charge in [0.15, 0.2) is 0 Å². The summed E-state index contributed by atoms with van der Waals surface area (Å²) in [5.41, 5.74) is 9.06. The zero-order valence-corrected chi connectivity index (χ0v) is 20.0. The molecule has 1 heterocycles. The van der Waals surface area contributed by atoms with Crippen LogP contribution in [-0.2, 0) is 11.3 Å². The molecule has 4 N–H and O–H groups in total. The van der Waals surface area contributed by atoms with Gasteiger partial charge < -0.3 is 15.4 Å². The maximum atomic E-state index is 6.28. The molecule has 1 aliphatic carbocycles. The summed E-state index contributed by atoms with van der Waals surface area (Å²) in [7, 11) is 0. The molecule has 1 saturated carbocycles. The van der Waals surface area contributed by atoms with Gasteiger partial charge in [-0.3, -0.25) is 15.4 Å². The Hall–Kier alpha value is -2.35. The number of nitrogens with two attached hydrogens (primary N) is 1. The third kappa shape index (κ3) is 10.0. The normalized spacial score (nSPS) is 14.9. The van der Waals surface area contributed by atoms with Crippen LogP contribution in [-0.4, -0.2) is 35.8 Å². The van der Waals surface area contributed by atoms with Gasteiger partial charge in [0.05, 0.1) is 17.6 Å². The van der Waals surface area contributed by atoms with Crippen LogP contribution in [0.4, 0.5) is 0 Å². The predicted molar refractivity (Wildman–Crippen MR) is 131 cm³/mol. The highest BCUT2D eigenvalue weighted by Gasteiger charge is 2.19. The number of nitrogens with zero attached hydrogens (tertiary/aromatic N) is 3. The van der Waals surface area contributed by atoms with Crippen LogP contribution in [0.25, 0.3) is 5.57 Å². The van der Waals surface area contributed by atoms with Crippen LogP contribution in [0.1, 0.15) is 52.5 Å². The zero-order valence-electron chi connectivity index (χ0n) is 19.2. The third-order valence-corrected chi connectivity index (χ3v) is 4.65. The van der Waals surface area contributed by atoms with Crippen molar-refractivity contribution in [1.29, 1.82) is 0 Å². The van der Waals surface area contributed by atoms with Crippen molar-refractivity contribution in [1.82, 2.24) is 20.4 Å². The highest BCUT2D eigenvalue weighted by Crippen LogP contribution is 2.20. The molecule has 1 aromatic rings. The molecule has 0 radical (unpaired) electrons. The molecule has 8 heteroatoms. The first kappa shape index (κ1) is 26.7. The van der Waals surface area contributed by atoms with Gasteiger partial charge >= 0.3 is 0 Å². The van der Waals surface area contributed by atoms with Crippen molar-refractivity contribution in [2.24, 2.45) is 10.7 Å². The summed E-state index contributed by atoms with van der Waals surface area (Å²) in [6.45, 7) is 17.3. The lowest BCUT2D eigenvalue weighted by atomic mass is 10.1. The van der Waals surface area contributed by atoms with Crippen molar-refractivity contribution in [2.75, 3.05) is 13.3 Å². The summed E-state index contributed by atoms with van der Waals surface area (Å²) in [4.78, 5) is 3.89. The minimum absolute atomic E-state index is 0.0448. The van der Waals surface area contributed by atoms with Gasteiger partial charge in [0.2, 0.25) is 0 Å². The number of nitrogens with one attached hydrogen (secondary N) is 2. The Kier molecular flexibility index (Phi) is 12.6. The van der Waals surface area contributed by atoms with Gasteiger partial charge in [0.1, 0.15) is 18.7 Å². The highest BCUT2D eigenvalue weighted by molar-refractivity contribution is 6.29. The molecule has 1 aromatic heterocycles. The van der Waals surface area contributed by atoms with Gasteiger partial charge in [-0.1, -0.05) is 32.0 Å². The van der Waals surface area contributed by atoms with E-state index < -0.39 is 0 Å². The molecule has 0 aromatic carbocycles. The lowest BCUT2D eigenvalue weighted by Crippen LogP contribution is -2.19. The standard InChI is InChI=1S/C21H31ClN6O.C2H6/c1-15(18-11-26-28(12-18)9-5-8-25-19-6-7-19)10-20(16(2)22)27-17(3)21(24-4)13-29-14-23;1-2/h10-13,19,25,27H,3-9,14,23H2,1-2H3;1-2H3/b15-10+,20-16-,21-13-;. The van der Waals surface area contributed by atoms with E-state index in [2.05, 4.69) is 34.0 Å². The fourth-order valence-corrected chi connectivity index (χ4v) is 2.70. The summed E-state index contributed by atoms with van der Waals surface area (Å²) < 4.78 is 7.03. The molecule has 31 heavy (non-hydrogen) atoms. The van der Waals surface area contributed by atoms with Crippen LogP contribution in [0.15, 0.2) is 58.4 Å². The molecule has 172 valence electrons. The average molecular weight is 449 g/mol. The fraction of sp³-hybridized carbons (Fsp3) is 0.478. The number of halogens is 1. The molecule has 7 nitrogen and oxygen atoms in total. The molecule has 0 saturated heterocycles. The van der Waals surface area contributed by atoms with E-state index in [0.717, 1.165) is 36.7 Å². The van der Waals surface area contributed by atoms with Crippen LogP contribution in [0.3, 0.4) is 0 Å². The largest absolute Gasteiger partial charge is 0.484 e. The number of hydrogen-bond acceptors (Lipinski definition) is 6. The predicted octanol–water partition coefficient (Wildman–Crippen LogP) is 4.50. The average Bonchev–Trinajstić information content (AvgIpc) is 3.47. The maximum Gasteiger partial charge on any atom is 0.136 e. The van der Waals surface area contributed by atoms with E-state index in [9.17, 15) is 0 Å². The first-order valence-electron chi connectivity index (χ1n) is 10.7. The van der Waals surface area contributed by atoms with E-state index >= 15 is 0 Å².